The standard InChI is InChI=1S/C13H19NO8/c1-8(15)22-13(12(20)21,7-9(16)17)10(11(18)19)14-5-3-2-4-6-14/h10H,2-7H2,1H3,(H,16,17)(H,18,19)(H,20,21). The van der Waals surface area contributed by atoms with Gasteiger partial charge in [-0.15, -0.1) is 0 Å². The highest BCUT2D eigenvalue weighted by atomic mass is 16.6. The predicted octanol–water partition coefficient (Wildman–Crippen LogP) is -0.213. The van der Waals surface area contributed by atoms with E-state index in [2.05, 4.69) is 0 Å². The summed E-state index contributed by atoms with van der Waals surface area (Å²) in [4.78, 5) is 46.9. The van der Waals surface area contributed by atoms with Crippen LogP contribution < -0.4 is 0 Å². The molecule has 1 rings (SSSR count). The molecule has 22 heavy (non-hydrogen) atoms. The molecule has 1 heterocycles. The van der Waals surface area contributed by atoms with Crippen LogP contribution >= 0.6 is 0 Å². The highest BCUT2D eigenvalue weighted by Crippen LogP contribution is 2.29. The van der Waals surface area contributed by atoms with Gasteiger partial charge in [0.2, 0.25) is 5.60 Å². The van der Waals surface area contributed by atoms with Crippen molar-refractivity contribution in [2.24, 2.45) is 0 Å². The number of ether oxygens (including phenoxy) is 1. The fraction of sp³-hybridized carbons (Fsp3) is 0.692. The van der Waals surface area contributed by atoms with Crippen LogP contribution in [0, 0.1) is 0 Å². The number of piperidine rings is 1. The van der Waals surface area contributed by atoms with Crippen LogP contribution in [-0.4, -0.2) is 68.8 Å². The van der Waals surface area contributed by atoms with Crippen LogP contribution in [0.3, 0.4) is 0 Å². The van der Waals surface area contributed by atoms with Crippen molar-refractivity contribution < 1.29 is 39.2 Å². The Morgan fingerprint density at radius 1 is 1.09 bits per heavy atom. The molecule has 0 aromatic carbocycles. The van der Waals surface area contributed by atoms with E-state index in [0.29, 0.717) is 25.9 Å². The Labute approximate surface area is 126 Å². The lowest BCUT2D eigenvalue weighted by Crippen LogP contribution is -2.64. The summed E-state index contributed by atoms with van der Waals surface area (Å²) >= 11 is 0. The number of carbonyl (C=O) groups excluding carboxylic acids is 1. The van der Waals surface area contributed by atoms with Crippen LogP contribution in [0.4, 0.5) is 0 Å². The average molecular weight is 317 g/mol. The van der Waals surface area contributed by atoms with Gasteiger partial charge in [-0.1, -0.05) is 6.42 Å². The number of nitrogens with zero attached hydrogens (tertiary/aromatic N) is 1. The fourth-order valence-electron chi connectivity index (χ4n) is 2.73. The molecule has 9 nitrogen and oxygen atoms in total. The molecule has 0 saturated carbocycles. The maximum atomic E-state index is 11.7. The van der Waals surface area contributed by atoms with E-state index in [0.717, 1.165) is 13.3 Å². The molecule has 0 amide bonds. The fourth-order valence-corrected chi connectivity index (χ4v) is 2.73. The Bertz CT molecular complexity index is 453. The first-order valence-electron chi connectivity index (χ1n) is 6.82. The molecule has 1 fully saturated rings. The second-order valence-corrected chi connectivity index (χ2v) is 5.20. The molecule has 0 aromatic rings. The van der Waals surface area contributed by atoms with Gasteiger partial charge in [0, 0.05) is 6.92 Å². The molecule has 0 aliphatic carbocycles. The first-order chi connectivity index (χ1) is 10.2. The summed E-state index contributed by atoms with van der Waals surface area (Å²) in [6.45, 7) is 1.51. The van der Waals surface area contributed by atoms with E-state index < -0.39 is 41.9 Å². The van der Waals surface area contributed by atoms with E-state index in [-0.39, 0.29) is 0 Å². The molecule has 9 heteroatoms. The summed E-state index contributed by atoms with van der Waals surface area (Å²) in [5, 5.41) is 27.9. The van der Waals surface area contributed by atoms with Crippen LogP contribution in [0.1, 0.15) is 32.6 Å². The minimum Gasteiger partial charge on any atom is -0.481 e. The van der Waals surface area contributed by atoms with Gasteiger partial charge < -0.3 is 20.1 Å². The Kier molecular flexibility index (Phi) is 5.86. The Balaban J connectivity index is 3.32. The van der Waals surface area contributed by atoms with Crippen molar-refractivity contribution in [3.8, 4) is 0 Å². The lowest BCUT2D eigenvalue weighted by molar-refractivity contribution is -0.195. The molecule has 0 bridgehead atoms. The number of rotatable bonds is 7. The largest absolute Gasteiger partial charge is 0.481 e. The molecular formula is C13H19NO8. The molecule has 1 saturated heterocycles. The van der Waals surface area contributed by atoms with Gasteiger partial charge in [0.1, 0.15) is 0 Å². The third-order valence-electron chi connectivity index (χ3n) is 3.53. The van der Waals surface area contributed by atoms with Crippen molar-refractivity contribution in [1.82, 2.24) is 4.90 Å². The minimum absolute atomic E-state index is 0.298. The summed E-state index contributed by atoms with van der Waals surface area (Å²) in [6, 6.07) is -1.76. The second-order valence-electron chi connectivity index (χ2n) is 5.20. The smallest absolute Gasteiger partial charge is 0.351 e. The van der Waals surface area contributed by atoms with Crippen LogP contribution in [0.2, 0.25) is 0 Å². The predicted molar refractivity (Wildman–Crippen MR) is 71.2 cm³/mol. The van der Waals surface area contributed by atoms with Crippen LogP contribution in [0.15, 0.2) is 0 Å². The molecule has 0 radical (unpaired) electrons. The molecule has 124 valence electrons. The molecule has 3 N–H and O–H groups in total. The number of aliphatic carboxylic acids is 3. The lowest BCUT2D eigenvalue weighted by atomic mass is 9.87. The van der Waals surface area contributed by atoms with E-state index in [1.165, 1.54) is 4.90 Å². The van der Waals surface area contributed by atoms with Gasteiger partial charge in [-0.05, 0) is 25.9 Å². The van der Waals surface area contributed by atoms with Crippen molar-refractivity contribution in [2.45, 2.75) is 44.2 Å². The zero-order valence-electron chi connectivity index (χ0n) is 12.2. The summed E-state index contributed by atoms with van der Waals surface area (Å²) < 4.78 is 4.75. The lowest BCUT2D eigenvalue weighted by Gasteiger charge is -2.40. The van der Waals surface area contributed by atoms with Crippen molar-refractivity contribution in [3.63, 3.8) is 0 Å². The summed E-state index contributed by atoms with van der Waals surface area (Å²) in [6.07, 6.45) is 1.06. The summed E-state index contributed by atoms with van der Waals surface area (Å²) in [5.41, 5.74) is -2.67. The number of hydrogen-bond acceptors (Lipinski definition) is 6. The summed E-state index contributed by atoms with van der Waals surface area (Å²) in [7, 11) is 0. The van der Waals surface area contributed by atoms with Crippen molar-refractivity contribution >= 4 is 23.9 Å². The molecule has 2 atom stereocenters. The van der Waals surface area contributed by atoms with E-state index in [9.17, 15) is 29.4 Å². The van der Waals surface area contributed by atoms with Gasteiger partial charge in [-0.3, -0.25) is 19.3 Å². The SMILES string of the molecule is CC(=O)OC(CC(=O)O)(C(=O)O)C(C(=O)O)N1CCCCC1. The highest BCUT2D eigenvalue weighted by Gasteiger charge is 2.57. The third-order valence-corrected chi connectivity index (χ3v) is 3.53. The second kappa shape index (κ2) is 7.21. The van der Waals surface area contributed by atoms with Crippen molar-refractivity contribution in [2.75, 3.05) is 13.1 Å². The number of likely N-dealkylation sites (tertiary alicyclic amines) is 1. The number of hydrogen-bond donors (Lipinski definition) is 3. The molecule has 1 aliphatic heterocycles. The molecular weight excluding hydrogens is 298 g/mol. The van der Waals surface area contributed by atoms with Gasteiger partial charge in [0.25, 0.3) is 0 Å². The summed E-state index contributed by atoms with van der Waals surface area (Å²) in [5.74, 6) is -5.94. The van der Waals surface area contributed by atoms with Gasteiger partial charge in [-0.25, -0.2) is 4.79 Å². The Morgan fingerprint density at radius 3 is 2.00 bits per heavy atom. The quantitative estimate of drug-likeness (QED) is 0.543. The van der Waals surface area contributed by atoms with Gasteiger partial charge in [-0.2, -0.15) is 0 Å². The molecule has 1 aliphatic rings. The molecule has 2 unspecified atom stereocenters. The number of carboxylic acid groups (broad SMARTS) is 3. The topological polar surface area (TPSA) is 141 Å². The Morgan fingerprint density at radius 2 is 1.64 bits per heavy atom. The zero-order valence-corrected chi connectivity index (χ0v) is 12.2. The molecule has 0 aromatic heterocycles. The van der Waals surface area contributed by atoms with Crippen molar-refractivity contribution in [3.05, 3.63) is 0 Å². The first kappa shape index (κ1) is 17.9. The number of esters is 1. The normalized spacial score (nSPS) is 19.7. The highest BCUT2D eigenvalue weighted by molar-refractivity contribution is 5.93. The zero-order chi connectivity index (χ0) is 16.9. The van der Waals surface area contributed by atoms with E-state index in [1.807, 2.05) is 0 Å². The van der Waals surface area contributed by atoms with Crippen LogP contribution in [0.5, 0.6) is 0 Å². The minimum atomic E-state index is -2.67. The monoisotopic (exact) mass is 317 g/mol. The van der Waals surface area contributed by atoms with Crippen LogP contribution in [-0.2, 0) is 23.9 Å². The molecule has 0 spiro atoms. The number of carbonyl (C=O) groups is 4. The Hall–Kier alpha value is -2.16. The van der Waals surface area contributed by atoms with Crippen molar-refractivity contribution in [1.29, 1.82) is 0 Å². The van der Waals surface area contributed by atoms with Crippen LogP contribution in [0.25, 0.3) is 0 Å². The third kappa shape index (κ3) is 3.94. The average Bonchev–Trinajstić information content (AvgIpc) is 2.37. The van der Waals surface area contributed by atoms with Gasteiger partial charge in [0.15, 0.2) is 6.04 Å². The first-order valence-corrected chi connectivity index (χ1v) is 6.82. The van der Waals surface area contributed by atoms with Gasteiger partial charge >= 0.3 is 23.9 Å². The van der Waals surface area contributed by atoms with E-state index >= 15 is 0 Å². The maximum Gasteiger partial charge on any atom is 0.351 e. The number of carboxylic acids is 3. The van der Waals surface area contributed by atoms with E-state index in [1.54, 1.807) is 0 Å². The maximum absolute atomic E-state index is 11.7. The van der Waals surface area contributed by atoms with Gasteiger partial charge in [0.05, 0.1) is 6.42 Å². The van der Waals surface area contributed by atoms with E-state index in [4.69, 9.17) is 9.84 Å².